The van der Waals surface area contributed by atoms with E-state index in [9.17, 15) is 9.59 Å². The van der Waals surface area contributed by atoms with E-state index < -0.39 is 0 Å². The Hall–Kier alpha value is -3.41. The molecule has 2 N–H and O–H groups in total. The van der Waals surface area contributed by atoms with Crippen molar-refractivity contribution in [3.63, 3.8) is 0 Å². The maximum Gasteiger partial charge on any atom is 0.256 e. The van der Waals surface area contributed by atoms with Crippen molar-refractivity contribution < 1.29 is 9.53 Å². The number of amides is 1. The van der Waals surface area contributed by atoms with Crippen molar-refractivity contribution >= 4 is 11.7 Å². The van der Waals surface area contributed by atoms with E-state index in [0.29, 0.717) is 23.8 Å². The van der Waals surface area contributed by atoms with Gasteiger partial charge in [-0.3, -0.25) is 9.59 Å². The summed E-state index contributed by atoms with van der Waals surface area (Å²) in [6, 6.07) is 17.7. The number of nitrogens with one attached hydrogen (secondary N) is 2. The average Bonchev–Trinajstić information content (AvgIpc) is 2.68. The van der Waals surface area contributed by atoms with Gasteiger partial charge in [0.25, 0.3) is 5.56 Å². The highest BCUT2D eigenvalue weighted by atomic mass is 16.5. The molecule has 1 atom stereocenters. The molecule has 0 spiro atoms. The third-order valence-electron chi connectivity index (χ3n) is 4.85. The number of anilines is 1. The molecule has 6 heteroatoms. The maximum absolute atomic E-state index is 12.4. The zero-order chi connectivity index (χ0) is 19.5. The van der Waals surface area contributed by atoms with Crippen LogP contribution in [0.1, 0.15) is 34.9 Å². The summed E-state index contributed by atoms with van der Waals surface area (Å²) >= 11 is 0. The van der Waals surface area contributed by atoms with E-state index >= 15 is 0 Å². The number of ether oxygens (including phenoxy) is 1. The van der Waals surface area contributed by atoms with Crippen molar-refractivity contribution in [1.29, 1.82) is 0 Å². The molecule has 28 heavy (non-hydrogen) atoms. The first-order valence-electron chi connectivity index (χ1n) is 9.27. The van der Waals surface area contributed by atoms with E-state index in [4.69, 9.17) is 4.74 Å². The van der Waals surface area contributed by atoms with Gasteiger partial charge in [0, 0.05) is 18.8 Å². The van der Waals surface area contributed by atoms with Crippen LogP contribution in [0.5, 0.6) is 5.75 Å². The number of hydrogen-bond acceptors (Lipinski definition) is 4. The first kappa shape index (κ1) is 18.0. The summed E-state index contributed by atoms with van der Waals surface area (Å²) in [6.07, 6.45) is 1.05. The van der Waals surface area contributed by atoms with Crippen molar-refractivity contribution in [2.75, 3.05) is 11.9 Å². The van der Waals surface area contributed by atoms with Crippen LogP contribution in [-0.4, -0.2) is 22.5 Å². The summed E-state index contributed by atoms with van der Waals surface area (Å²) in [6.45, 7) is 2.28. The van der Waals surface area contributed by atoms with E-state index in [1.54, 1.807) is 6.92 Å². The first-order valence-corrected chi connectivity index (χ1v) is 9.27. The Labute approximate surface area is 162 Å². The van der Waals surface area contributed by atoms with E-state index in [1.807, 2.05) is 42.5 Å². The van der Waals surface area contributed by atoms with Crippen LogP contribution in [0.3, 0.4) is 0 Å². The van der Waals surface area contributed by atoms with Crippen LogP contribution in [0.25, 0.3) is 0 Å². The molecule has 0 radical (unpaired) electrons. The third-order valence-corrected chi connectivity index (χ3v) is 4.85. The zero-order valence-corrected chi connectivity index (χ0v) is 15.6. The normalized spacial score (nSPS) is 15.6. The van der Waals surface area contributed by atoms with Gasteiger partial charge >= 0.3 is 0 Å². The number of carbonyl (C=O) groups excluding carboxylic acids is 1. The van der Waals surface area contributed by atoms with Crippen LogP contribution >= 0.6 is 0 Å². The van der Waals surface area contributed by atoms with Crippen molar-refractivity contribution in [1.82, 2.24) is 9.97 Å². The Bertz CT molecular complexity index is 1040. The lowest BCUT2D eigenvalue weighted by Gasteiger charge is -2.24. The van der Waals surface area contributed by atoms with E-state index in [1.165, 1.54) is 5.56 Å². The number of carbonyl (C=O) groups is 1. The molecule has 0 fully saturated rings. The van der Waals surface area contributed by atoms with Gasteiger partial charge in [0.05, 0.1) is 12.2 Å². The molecule has 3 aromatic rings. The van der Waals surface area contributed by atoms with Crippen molar-refractivity contribution in [2.24, 2.45) is 0 Å². The molecule has 0 aliphatic carbocycles. The highest BCUT2D eigenvalue weighted by molar-refractivity contribution is 5.94. The minimum Gasteiger partial charge on any atom is -0.493 e. The second-order valence-electron chi connectivity index (χ2n) is 6.87. The molecule has 2 heterocycles. The summed E-state index contributed by atoms with van der Waals surface area (Å²) in [4.78, 5) is 31.5. The SMILES string of the molecule is Cc1nc2c(c(=O)[nH]1)[C@@H](c1ccc(OCCc3ccccc3)cc1)CC(=O)N2. The van der Waals surface area contributed by atoms with Crippen LogP contribution in [-0.2, 0) is 11.2 Å². The lowest BCUT2D eigenvalue weighted by molar-refractivity contribution is -0.116. The van der Waals surface area contributed by atoms with Crippen LogP contribution < -0.4 is 15.6 Å². The molecule has 1 aromatic heterocycles. The lowest BCUT2D eigenvalue weighted by atomic mass is 9.87. The topological polar surface area (TPSA) is 84.1 Å². The fourth-order valence-corrected chi connectivity index (χ4v) is 3.50. The number of aromatic amines is 1. The molecule has 2 aromatic carbocycles. The quantitative estimate of drug-likeness (QED) is 0.717. The first-order chi connectivity index (χ1) is 13.6. The molecule has 6 nitrogen and oxygen atoms in total. The number of aromatic nitrogens is 2. The van der Waals surface area contributed by atoms with Crippen LogP contribution in [0.4, 0.5) is 5.82 Å². The number of H-pyrrole nitrogens is 1. The number of hydrogen-bond donors (Lipinski definition) is 2. The van der Waals surface area contributed by atoms with E-state index in [0.717, 1.165) is 17.7 Å². The lowest BCUT2D eigenvalue weighted by Crippen LogP contribution is -2.31. The van der Waals surface area contributed by atoms with Gasteiger partial charge in [-0.2, -0.15) is 0 Å². The average molecular weight is 375 g/mol. The highest BCUT2D eigenvalue weighted by Crippen LogP contribution is 2.34. The molecule has 0 saturated heterocycles. The fourth-order valence-electron chi connectivity index (χ4n) is 3.50. The van der Waals surface area contributed by atoms with E-state index in [2.05, 4.69) is 27.4 Å². The third kappa shape index (κ3) is 3.81. The molecular weight excluding hydrogens is 354 g/mol. The number of rotatable bonds is 5. The minimum absolute atomic E-state index is 0.141. The Balaban J connectivity index is 1.50. The standard InChI is InChI=1S/C22H21N3O3/c1-14-23-21-20(22(27)24-14)18(13-19(26)25-21)16-7-9-17(10-8-16)28-12-11-15-5-3-2-4-6-15/h2-10,18H,11-13H2,1H3,(H2,23,24,25,26,27)/t18-/m1/s1. The van der Waals surface area contributed by atoms with Crippen molar-refractivity contribution in [2.45, 2.75) is 25.7 Å². The summed E-state index contributed by atoms with van der Waals surface area (Å²) in [5.41, 5.74) is 2.41. The van der Waals surface area contributed by atoms with Gasteiger partial charge in [0.15, 0.2) is 0 Å². The summed E-state index contributed by atoms with van der Waals surface area (Å²) in [5, 5.41) is 2.70. The number of fused-ring (bicyclic) bond motifs is 1. The van der Waals surface area contributed by atoms with Crippen LogP contribution in [0.15, 0.2) is 59.4 Å². The Morgan fingerprint density at radius 3 is 2.57 bits per heavy atom. The number of aryl methyl sites for hydroxylation is 1. The molecule has 0 unspecified atom stereocenters. The molecule has 0 bridgehead atoms. The fraction of sp³-hybridized carbons (Fsp3) is 0.227. The Morgan fingerprint density at radius 2 is 1.82 bits per heavy atom. The number of nitrogens with zero attached hydrogens (tertiary/aromatic N) is 1. The molecule has 1 amide bonds. The van der Waals surface area contributed by atoms with Gasteiger partial charge in [-0.15, -0.1) is 0 Å². The predicted octanol–water partition coefficient (Wildman–Crippen LogP) is 3.17. The largest absolute Gasteiger partial charge is 0.493 e. The summed E-state index contributed by atoms with van der Waals surface area (Å²) in [7, 11) is 0. The van der Waals surface area contributed by atoms with E-state index in [-0.39, 0.29) is 23.8 Å². The van der Waals surface area contributed by atoms with Gasteiger partial charge in [0.2, 0.25) is 5.91 Å². The van der Waals surface area contributed by atoms with Crippen LogP contribution in [0.2, 0.25) is 0 Å². The number of benzene rings is 2. The summed E-state index contributed by atoms with van der Waals surface area (Å²) < 4.78 is 5.82. The molecular formula is C22H21N3O3. The van der Waals surface area contributed by atoms with Crippen LogP contribution in [0, 0.1) is 6.92 Å². The van der Waals surface area contributed by atoms with Gasteiger partial charge < -0.3 is 15.0 Å². The maximum atomic E-state index is 12.4. The zero-order valence-electron chi connectivity index (χ0n) is 15.6. The summed E-state index contributed by atoms with van der Waals surface area (Å²) in [5.74, 6) is 1.13. The van der Waals surface area contributed by atoms with Crippen molar-refractivity contribution in [3.05, 3.63) is 87.5 Å². The minimum atomic E-state index is -0.320. The molecule has 0 saturated carbocycles. The van der Waals surface area contributed by atoms with Gasteiger partial charge in [-0.25, -0.2) is 4.98 Å². The molecule has 1 aliphatic rings. The van der Waals surface area contributed by atoms with Gasteiger partial charge in [0.1, 0.15) is 17.4 Å². The smallest absolute Gasteiger partial charge is 0.256 e. The molecule has 1 aliphatic heterocycles. The predicted molar refractivity (Wildman–Crippen MR) is 107 cm³/mol. The van der Waals surface area contributed by atoms with Gasteiger partial charge in [-0.1, -0.05) is 42.5 Å². The second-order valence-corrected chi connectivity index (χ2v) is 6.87. The van der Waals surface area contributed by atoms with Crippen molar-refractivity contribution in [3.8, 4) is 5.75 Å². The molecule has 142 valence electrons. The molecule has 4 rings (SSSR count). The Kier molecular flexibility index (Phi) is 4.93. The Morgan fingerprint density at radius 1 is 1.07 bits per heavy atom. The van der Waals surface area contributed by atoms with Gasteiger partial charge in [-0.05, 0) is 30.2 Å². The highest BCUT2D eigenvalue weighted by Gasteiger charge is 2.30. The monoisotopic (exact) mass is 375 g/mol. The second kappa shape index (κ2) is 7.68.